The van der Waals surface area contributed by atoms with E-state index in [-0.39, 0.29) is 18.5 Å². The molecule has 1 aliphatic carbocycles. The number of fused-ring (bicyclic) bond motifs is 1. The van der Waals surface area contributed by atoms with Crippen LogP contribution >= 0.6 is 0 Å². The van der Waals surface area contributed by atoms with Crippen LogP contribution in [0.15, 0.2) is 0 Å². The fourth-order valence-corrected chi connectivity index (χ4v) is 2.92. The van der Waals surface area contributed by atoms with E-state index in [1.807, 2.05) is 0 Å². The van der Waals surface area contributed by atoms with Gasteiger partial charge in [-0.15, -0.1) is 0 Å². The number of aliphatic hydroxyl groups is 1. The van der Waals surface area contributed by atoms with Crippen LogP contribution in [-0.2, 0) is 9.47 Å². The molecule has 0 radical (unpaired) electrons. The fourth-order valence-electron chi connectivity index (χ4n) is 2.92. The van der Waals surface area contributed by atoms with E-state index in [4.69, 9.17) is 9.47 Å². The Morgan fingerprint density at radius 2 is 2.00 bits per heavy atom. The van der Waals surface area contributed by atoms with Crippen LogP contribution < -0.4 is 0 Å². The quantitative estimate of drug-likeness (QED) is 0.664. The molecule has 1 heterocycles. The van der Waals surface area contributed by atoms with E-state index >= 15 is 0 Å². The van der Waals surface area contributed by atoms with Crippen molar-refractivity contribution in [1.82, 2.24) is 0 Å². The van der Waals surface area contributed by atoms with Gasteiger partial charge in [0.25, 0.3) is 0 Å². The minimum absolute atomic E-state index is 0.0649. The van der Waals surface area contributed by atoms with Gasteiger partial charge in [-0.05, 0) is 11.8 Å². The van der Waals surface area contributed by atoms with Crippen molar-refractivity contribution in [1.29, 1.82) is 0 Å². The molecular weight excluding hydrogens is 168 g/mol. The first kappa shape index (κ1) is 9.44. The monoisotopic (exact) mass is 186 g/mol. The molecule has 13 heavy (non-hydrogen) atoms. The molecule has 0 aromatic rings. The first-order valence-electron chi connectivity index (χ1n) is 5.01. The van der Waals surface area contributed by atoms with E-state index < -0.39 is 0 Å². The fraction of sp³-hybridized carbons (Fsp3) is 1.00. The minimum Gasteiger partial charge on any atom is -0.393 e. The zero-order valence-electron chi connectivity index (χ0n) is 8.43. The molecular formula is C10H18O3. The van der Waals surface area contributed by atoms with Crippen LogP contribution in [0.25, 0.3) is 0 Å². The third-order valence-corrected chi connectivity index (χ3v) is 3.69. The average Bonchev–Trinajstić information content (AvgIpc) is 2.54. The lowest BCUT2D eigenvalue weighted by Gasteiger charge is -2.21. The van der Waals surface area contributed by atoms with E-state index in [1.165, 1.54) is 0 Å². The number of hydrogen-bond donors (Lipinski definition) is 1. The molecule has 3 nitrogen and oxygen atoms in total. The standard InChI is InChI=1S/C10H18O3/c1-5-7(11)4-8-9(5)6(2)10(12-3)13-8/h5-11H,4H2,1-3H3. The first-order valence-corrected chi connectivity index (χ1v) is 5.01. The van der Waals surface area contributed by atoms with Crippen molar-refractivity contribution in [3.05, 3.63) is 0 Å². The Bertz CT molecular complexity index is 193. The van der Waals surface area contributed by atoms with Crippen molar-refractivity contribution in [2.75, 3.05) is 7.11 Å². The SMILES string of the molecule is COC1OC2CC(O)C(C)C2C1C. The van der Waals surface area contributed by atoms with E-state index in [2.05, 4.69) is 13.8 Å². The van der Waals surface area contributed by atoms with Crippen LogP contribution in [0.1, 0.15) is 20.3 Å². The van der Waals surface area contributed by atoms with Gasteiger partial charge < -0.3 is 14.6 Å². The summed E-state index contributed by atoms with van der Waals surface area (Å²) in [7, 11) is 1.68. The number of methoxy groups -OCH3 is 1. The van der Waals surface area contributed by atoms with Gasteiger partial charge in [0.2, 0.25) is 0 Å². The normalized spacial score (nSPS) is 55.4. The molecule has 0 spiro atoms. The molecule has 0 aromatic heterocycles. The lowest BCUT2D eigenvalue weighted by Crippen LogP contribution is -2.25. The lowest BCUT2D eigenvalue weighted by atomic mass is 9.86. The largest absolute Gasteiger partial charge is 0.393 e. The molecule has 6 unspecified atom stereocenters. The molecule has 76 valence electrons. The van der Waals surface area contributed by atoms with Crippen LogP contribution in [-0.4, -0.2) is 30.7 Å². The van der Waals surface area contributed by atoms with Gasteiger partial charge >= 0.3 is 0 Å². The Hall–Kier alpha value is -0.120. The topological polar surface area (TPSA) is 38.7 Å². The highest BCUT2D eigenvalue weighted by Crippen LogP contribution is 2.46. The van der Waals surface area contributed by atoms with Crippen molar-refractivity contribution in [2.45, 2.75) is 38.8 Å². The van der Waals surface area contributed by atoms with Crippen molar-refractivity contribution in [3.63, 3.8) is 0 Å². The summed E-state index contributed by atoms with van der Waals surface area (Å²) in [6, 6.07) is 0. The van der Waals surface area contributed by atoms with Crippen LogP contribution in [0.3, 0.4) is 0 Å². The summed E-state index contributed by atoms with van der Waals surface area (Å²) in [5.41, 5.74) is 0. The van der Waals surface area contributed by atoms with Crippen molar-refractivity contribution < 1.29 is 14.6 Å². The number of rotatable bonds is 1. The van der Waals surface area contributed by atoms with Crippen LogP contribution in [0, 0.1) is 17.8 Å². The second-order valence-electron chi connectivity index (χ2n) is 4.38. The van der Waals surface area contributed by atoms with Gasteiger partial charge in [0.1, 0.15) is 0 Å². The highest BCUT2D eigenvalue weighted by atomic mass is 16.7. The Morgan fingerprint density at radius 1 is 1.31 bits per heavy atom. The molecule has 3 heteroatoms. The van der Waals surface area contributed by atoms with Crippen molar-refractivity contribution in [3.8, 4) is 0 Å². The van der Waals surface area contributed by atoms with Gasteiger partial charge in [-0.25, -0.2) is 0 Å². The zero-order chi connectivity index (χ0) is 9.59. The molecule has 6 atom stereocenters. The Labute approximate surface area is 79.0 Å². The smallest absolute Gasteiger partial charge is 0.160 e. The summed E-state index contributed by atoms with van der Waals surface area (Å²) in [6.45, 7) is 4.25. The third-order valence-electron chi connectivity index (χ3n) is 3.69. The van der Waals surface area contributed by atoms with Gasteiger partial charge in [-0.1, -0.05) is 13.8 Å². The average molecular weight is 186 g/mol. The summed E-state index contributed by atoms with van der Waals surface area (Å²) >= 11 is 0. The molecule has 2 aliphatic rings. The van der Waals surface area contributed by atoms with Crippen molar-refractivity contribution in [2.24, 2.45) is 17.8 Å². The molecule has 0 bridgehead atoms. The Kier molecular flexibility index (Phi) is 2.34. The van der Waals surface area contributed by atoms with Gasteiger partial charge in [-0.2, -0.15) is 0 Å². The summed E-state index contributed by atoms with van der Waals surface area (Å²) in [5, 5.41) is 9.66. The number of hydrogen-bond acceptors (Lipinski definition) is 3. The number of aliphatic hydroxyl groups excluding tert-OH is 1. The molecule has 1 N–H and O–H groups in total. The highest BCUT2D eigenvalue weighted by molar-refractivity contribution is 4.97. The second kappa shape index (κ2) is 3.23. The minimum atomic E-state index is -0.185. The molecule has 1 saturated heterocycles. The van der Waals surface area contributed by atoms with Gasteiger partial charge in [0, 0.05) is 19.4 Å². The van der Waals surface area contributed by atoms with Crippen LogP contribution in [0.2, 0.25) is 0 Å². The van der Waals surface area contributed by atoms with E-state index in [9.17, 15) is 5.11 Å². The van der Waals surface area contributed by atoms with E-state index in [0.29, 0.717) is 17.8 Å². The first-order chi connectivity index (χ1) is 6.15. The molecule has 2 fully saturated rings. The zero-order valence-corrected chi connectivity index (χ0v) is 8.43. The Balaban J connectivity index is 2.11. The maximum absolute atomic E-state index is 9.66. The summed E-state index contributed by atoms with van der Waals surface area (Å²) in [5.74, 6) is 1.22. The van der Waals surface area contributed by atoms with E-state index in [1.54, 1.807) is 7.11 Å². The highest BCUT2D eigenvalue weighted by Gasteiger charge is 2.51. The van der Waals surface area contributed by atoms with E-state index in [0.717, 1.165) is 6.42 Å². The number of ether oxygens (including phenoxy) is 2. The molecule has 1 saturated carbocycles. The van der Waals surface area contributed by atoms with Gasteiger partial charge in [0.05, 0.1) is 12.2 Å². The Morgan fingerprint density at radius 3 is 2.54 bits per heavy atom. The van der Waals surface area contributed by atoms with Crippen molar-refractivity contribution >= 4 is 0 Å². The summed E-state index contributed by atoms with van der Waals surface area (Å²) < 4.78 is 10.9. The molecule has 1 aliphatic heterocycles. The predicted molar refractivity (Wildman–Crippen MR) is 48.1 cm³/mol. The summed E-state index contributed by atoms with van der Waals surface area (Å²) in [6.07, 6.45) is 0.737. The van der Waals surface area contributed by atoms with Crippen LogP contribution in [0.4, 0.5) is 0 Å². The maximum Gasteiger partial charge on any atom is 0.160 e. The summed E-state index contributed by atoms with van der Waals surface area (Å²) in [4.78, 5) is 0. The molecule has 2 rings (SSSR count). The second-order valence-corrected chi connectivity index (χ2v) is 4.38. The van der Waals surface area contributed by atoms with Crippen LogP contribution in [0.5, 0.6) is 0 Å². The predicted octanol–water partition coefficient (Wildman–Crippen LogP) is 1.01. The maximum atomic E-state index is 9.66. The third kappa shape index (κ3) is 1.30. The molecule has 0 amide bonds. The lowest BCUT2D eigenvalue weighted by molar-refractivity contribution is -0.133. The van der Waals surface area contributed by atoms with Gasteiger partial charge in [-0.3, -0.25) is 0 Å². The molecule has 0 aromatic carbocycles. The van der Waals surface area contributed by atoms with Gasteiger partial charge in [0.15, 0.2) is 6.29 Å².